The first kappa shape index (κ1) is 13.5. The zero-order valence-electron chi connectivity index (χ0n) is 10.4. The second kappa shape index (κ2) is 5.80. The topological polar surface area (TPSA) is 38.0 Å². The van der Waals surface area contributed by atoms with E-state index in [1.165, 1.54) is 5.69 Å². The maximum absolute atomic E-state index is 9.43. The van der Waals surface area contributed by atoms with Gasteiger partial charge < -0.3 is 5.11 Å². The van der Waals surface area contributed by atoms with Gasteiger partial charge in [0.2, 0.25) is 0 Å². The number of aromatic hydroxyl groups is 1. The highest BCUT2D eigenvalue weighted by molar-refractivity contribution is 9.10. The molecule has 1 heterocycles. The fraction of sp³-hybridized carbons (Fsp3) is 0.308. The van der Waals surface area contributed by atoms with Crippen molar-refractivity contribution in [2.45, 2.75) is 31.0 Å². The van der Waals surface area contributed by atoms with Gasteiger partial charge in [-0.15, -0.1) is 11.8 Å². The summed E-state index contributed by atoms with van der Waals surface area (Å²) in [7, 11) is 0. The van der Waals surface area contributed by atoms with E-state index in [9.17, 15) is 5.11 Å². The van der Waals surface area contributed by atoms with Crippen molar-refractivity contribution in [1.29, 1.82) is 0 Å². The van der Waals surface area contributed by atoms with Gasteiger partial charge in [-0.1, -0.05) is 6.07 Å². The van der Waals surface area contributed by atoms with E-state index < -0.39 is 0 Å². The Balaban J connectivity index is 2.15. The summed E-state index contributed by atoms with van der Waals surface area (Å²) in [6.07, 6.45) is 0. The second-order valence-corrected chi connectivity index (χ2v) is 5.79. The summed E-state index contributed by atoms with van der Waals surface area (Å²) in [6.45, 7) is 4.95. The molecule has 0 aliphatic rings. The highest BCUT2D eigenvalue weighted by Gasteiger charge is 2.12. The smallest absolute Gasteiger partial charge is 0.116 e. The van der Waals surface area contributed by atoms with Crippen LogP contribution in [0.3, 0.4) is 0 Å². The van der Waals surface area contributed by atoms with E-state index in [4.69, 9.17) is 0 Å². The summed E-state index contributed by atoms with van der Waals surface area (Å²) in [4.78, 5) is 1.06. The molecule has 5 heteroatoms. The Hall–Kier alpha value is -0.940. The molecule has 2 rings (SSSR count). The van der Waals surface area contributed by atoms with Gasteiger partial charge in [-0.2, -0.15) is 5.10 Å². The van der Waals surface area contributed by atoms with E-state index in [2.05, 4.69) is 28.0 Å². The molecule has 0 aliphatic heterocycles. The van der Waals surface area contributed by atoms with Gasteiger partial charge in [0.15, 0.2) is 0 Å². The molecule has 1 N–H and O–H groups in total. The summed E-state index contributed by atoms with van der Waals surface area (Å²) < 4.78 is 3.09. The van der Waals surface area contributed by atoms with Gasteiger partial charge >= 0.3 is 0 Å². The Morgan fingerprint density at radius 1 is 1.44 bits per heavy atom. The largest absolute Gasteiger partial charge is 0.508 e. The molecule has 0 atom stereocenters. The van der Waals surface area contributed by atoms with Crippen molar-refractivity contribution in [2.75, 3.05) is 0 Å². The first-order chi connectivity index (χ1) is 8.61. The molecule has 2 aromatic rings. The number of phenolic OH excluding ortho intramolecular Hbond substituents is 1. The van der Waals surface area contributed by atoms with Crippen LogP contribution in [0.15, 0.2) is 33.6 Å². The Kier molecular flexibility index (Phi) is 4.35. The van der Waals surface area contributed by atoms with E-state index in [0.29, 0.717) is 5.75 Å². The summed E-state index contributed by atoms with van der Waals surface area (Å²) in [5, 5.41) is 13.9. The van der Waals surface area contributed by atoms with Crippen LogP contribution < -0.4 is 0 Å². The van der Waals surface area contributed by atoms with Crippen molar-refractivity contribution >= 4 is 27.7 Å². The van der Waals surface area contributed by atoms with Gasteiger partial charge in [0.05, 0.1) is 15.9 Å². The number of nitrogens with zero attached hydrogens (tertiary/aromatic N) is 2. The second-order valence-electron chi connectivity index (χ2n) is 3.95. The molecule has 0 saturated carbocycles. The molecule has 0 bridgehead atoms. The number of phenols is 1. The fourth-order valence-corrected chi connectivity index (χ4v) is 3.32. The Morgan fingerprint density at radius 2 is 2.22 bits per heavy atom. The quantitative estimate of drug-likeness (QED) is 0.864. The minimum Gasteiger partial charge on any atom is -0.508 e. The molecule has 0 radical (unpaired) electrons. The standard InChI is InChI=1S/C13H15BrN2OS/c1-3-16-12(13(14)9(2)15-16)8-18-11-6-4-5-10(17)7-11/h4-7,17H,3,8H2,1-2H3. The first-order valence-electron chi connectivity index (χ1n) is 5.75. The van der Waals surface area contributed by atoms with Crippen LogP contribution in [-0.2, 0) is 12.3 Å². The molecule has 1 aromatic carbocycles. The van der Waals surface area contributed by atoms with E-state index in [-0.39, 0.29) is 0 Å². The average Bonchev–Trinajstić information content (AvgIpc) is 2.63. The minimum absolute atomic E-state index is 0.305. The molecule has 0 amide bonds. The number of aromatic nitrogens is 2. The lowest BCUT2D eigenvalue weighted by molar-refractivity contribution is 0.474. The Bertz CT molecular complexity index is 554. The summed E-state index contributed by atoms with van der Waals surface area (Å²) in [6, 6.07) is 7.31. The first-order valence-corrected chi connectivity index (χ1v) is 7.53. The van der Waals surface area contributed by atoms with Gasteiger partial charge in [0.25, 0.3) is 0 Å². The summed E-state index contributed by atoms with van der Waals surface area (Å²) >= 11 is 5.28. The third kappa shape index (κ3) is 2.90. The van der Waals surface area contributed by atoms with E-state index in [1.54, 1.807) is 23.9 Å². The van der Waals surface area contributed by atoms with Crippen LogP contribution >= 0.6 is 27.7 Å². The molecule has 0 unspecified atom stereocenters. The summed E-state index contributed by atoms with van der Waals surface area (Å²) in [5.41, 5.74) is 2.20. The minimum atomic E-state index is 0.305. The number of benzene rings is 1. The predicted molar refractivity (Wildman–Crippen MR) is 78.0 cm³/mol. The van der Waals surface area contributed by atoms with Crippen LogP contribution in [0.1, 0.15) is 18.3 Å². The molecule has 18 heavy (non-hydrogen) atoms. The van der Waals surface area contributed by atoms with Crippen molar-refractivity contribution < 1.29 is 5.11 Å². The highest BCUT2D eigenvalue weighted by Crippen LogP contribution is 2.30. The third-order valence-electron chi connectivity index (χ3n) is 2.65. The van der Waals surface area contributed by atoms with Crippen LogP contribution in [0.5, 0.6) is 5.75 Å². The van der Waals surface area contributed by atoms with Crippen LogP contribution in [-0.4, -0.2) is 14.9 Å². The number of hydrogen-bond donors (Lipinski definition) is 1. The summed E-state index contributed by atoms with van der Waals surface area (Å²) in [5.74, 6) is 1.14. The molecule has 0 aliphatic carbocycles. The lowest BCUT2D eigenvalue weighted by atomic mass is 10.3. The van der Waals surface area contributed by atoms with Crippen molar-refractivity contribution in [1.82, 2.24) is 9.78 Å². The zero-order chi connectivity index (χ0) is 13.1. The molecule has 1 aromatic heterocycles. The van der Waals surface area contributed by atoms with Crippen LogP contribution in [0, 0.1) is 6.92 Å². The Morgan fingerprint density at radius 3 is 2.89 bits per heavy atom. The maximum atomic E-state index is 9.43. The van der Waals surface area contributed by atoms with Gasteiger partial charge in [-0.3, -0.25) is 4.68 Å². The SMILES string of the molecule is CCn1nc(C)c(Br)c1CSc1cccc(O)c1. The number of halogens is 1. The van der Waals surface area contributed by atoms with Crippen LogP contribution in [0.2, 0.25) is 0 Å². The van der Waals surface area contributed by atoms with Gasteiger partial charge in [0, 0.05) is 17.2 Å². The number of thioether (sulfide) groups is 1. The molecular weight excluding hydrogens is 312 g/mol. The average molecular weight is 327 g/mol. The number of hydrogen-bond acceptors (Lipinski definition) is 3. The molecule has 0 spiro atoms. The maximum Gasteiger partial charge on any atom is 0.116 e. The molecule has 0 fully saturated rings. The number of aryl methyl sites for hydroxylation is 2. The molecule has 96 valence electrons. The van der Waals surface area contributed by atoms with E-state index in [0.717, 1.165) is 27.4 Å². The van der Waals surface area contributed by atoms with Crippen molar-refractivity contribution in [3.8, 4) is 5.75 Å². The number of rotatable bonds is 4. The monoisotopic (exact) mass is 326 g/mol. The van der Waals surface area contributed by atoms with Gasteiger partial charge in [0.1, 0.15) is 5.75 Å². The van der Waals surface area contributed by atoms with Crippen molar-refractivity contribution in [2.24, 2.45) is 0 Å². The fourth-order valence-electron chi connectivity index (χ4n) is 1.73. The Labute approximate surface area is 119 Å². The van der Waals surface area contributed by atoms with Crippen molar-refractivity contribution in [3.63, 3.8) is 0 Å². The lowest BCUT2D eigenvalue weighted by Gasteiger charge is -2.05. The molecule has 3 nitrogen and oxygen atoms in total. The molecule has 0 saturated heterocycles. The third-order valence-corrected chi connectivity index (χ3v) is 4.68. The molecular formula is C13H15BrN2OS. The zero-order valence-corrected chi connectivity index (χ0v) is 12.8. The van der Waals surface area contributed by atoms with Crippen molar-refractivity contribution in [3.05, 3.63) is 40.1 Å². The lowest BCUT2D eigenvalue weighted by Crippen LogP contribution is -2.01. The van der Waals surface area contributed by atoms with E-state index in [1.807, 2.05) is 23.7 Å². The highest BCUT2D eigenvalue weighted by atomic mass is 79.9. The van der Waals surface area contributed by atoms with Crippen LogP contribution in [0.4, 0.5) is 0 Å². The van der Waals surface area contributed by atoms with Gasteiger partial charge in [-0.25, -0.2) is 0 Å². The normalized spacial score (nSPS) is 10.8. The van der Waals surface area contributed by atoms with Gasteiger partial charge in [-0.05, 0) is 48.0 Å². The predicted octanol–water partition coefficient (Wildman–Crippen LogP) is 3.97. The van der Waals surface area contributed by atoms with E-state index >= 15 is 0 Å². The van der Waals surface area contributed by atoms with Crippen LogP contribution in [0.25, 0.3) is 0 Å².